The van der Waals surface area contributed by atoms with E-state index >= 15 is 0 Å². The van der Waals surface area contributed by atoms with Crippen molar-refractivity contribution < 1.29 is 13.9 Å². The van der Waals surface area contributed by atoms with Gasteiger partial charge in [-0.1, -0.05) is 12.1 Å². The van der Waals surface area contributed by atoms with Gasteiger partial charge >= 0.3 is 0 Å². The van der Waals surface area contributed by atoms with Crippen LogP contribution in [0.4, 0.5) is 4.39 Å². The first-order valence-electron chi connectivity index (χ1n) is 8.66. The van der Waals surface area contributed by atoms with Crippen LogP contribution < -0.4 is 5.32 Å². The van der Waals surface area contributed by atoms with Crippen molar-refractivity contribution in [3.05, 3.63) is 52.3 Å². The Balaban J connectivity index is 1.72. The van der Waals surface area contributed by atoms with Gasteiger partial charge in [0.05, 0.1) is 17.1 Å². The fourth-order valence-electron chi connectivity index (χ4n) is 2.70. The lowest BCUT2D eigenvalue weighted by Crippen LogP contribution is -2.24. The highest BCUT2D eigenvalue weighted by molar-refractivity contribution is 7.20. The lowest BCUT2D eigenvalue weighted by Gasteiger charge is -2.04. The summed E-state index contributed by atoms with van der Waals surface area (Å²) >= 11 is 1.43. The van der Waals surface area contributed by atoms with Crippen LogP contribution in [-0.2, 0) is 11.3 Å². The van der Waals surface area contributed by atoms with Crippen LogP contribution in [0.3, 0.4) is 0 Å². The van der Waals surface area contributed by atoms with Crippen molar-refractivity contribution in [2.24, 2.45) is 0 Å². The average molecular weight is 375 g/mol. The summed E-state index contributed by atoms with van der Waals surface area (Å²) in [5.41, 5.74) is 1.85. The molecule has 1 amide bonds. The number of aromatic nitrogens is 2. The van der Waals surface area contributed by atoms with Gasteiger partial charge in [0.1, 0.15) is 10.6 Å². The summed E-state index contributed by atoms with van der Waals surface area (Å²) in [6.07, 6.45) is 0.793. The van der Waals surface area contributed by atoms with E-state index in [1.54, 1.807) is 12.1 Å². The van der Waals surface area contributed by atoms with E-state index in [9.17, 15) is 9.18 Å². The van der Waals surface area contributed by atoms with Crippen molar-refractivity contribution in [2.45, 2.75) is 26.8 Å². The number of fused-ring (bicyclic) bond motifs is 1. The standard InChI is InChI=1S/C19H22FN3O2S/c1-3-25-10-4-9-21-18(24)17-11-16-13(2)22-23(19(16)26-17)12-14-5-7-15(20)8-6-14/h5-8,11H,3-4,9-10,12H2,1-2H3,(H,21,24). The fourth-order valence-corrected chi connectivity index (χ4v) is 3.78. The van der Waals surface area contributed by atoms with Crippen molar-refractivity contribution in [2.75, 3.05) is 19.8 Å². The van der Waals surface area contributed by atoms with Gasteiger partial charge in [-0.15, -0.1) is 11.3 Å². The quantitative estimate of drug-likeness (QED) is 0.610. The van der Waals surface area contributed by atoms with Crippen LogP contribution in [0.5, 0.6) is 0 Å². The highest BCUT2D eigenvalue weighted by Gasteiger charge is 2.16. The van der Waals surface area contributed by atoms with Crippen LogP contribution in [0, 0.1) is 12.7 Å². The van der Waals surface area contributed by atoms with E-state index in [-0.39, 0.29) is 11.7 Å². The Morgan fingerprint density at radius 1 is 1.35 bits per heavy atom. The molecule has 0 saturated carbocycles. The number of ether oxygens (including phenoxy) is 1. The van der Waals surface area contributed by atoms with Crippen LogP contribution in [-0.4, -0.2) is 35.4 Å². The topological polar surface area (TPSA) is 56.1 Å². The molecule has 0 spiro atoms. The predicted molar refractivity (Wildman–Crippen MR) is 101 cm³/mol. The summed E-state index contributed by atoms with van der Waals surface area (Å²) in [5.74, 6) is -0.328. The molecule has 0 saturated heterocycles. The smallest absolute Gasteiger partial charge is 0.261 e. The van der Waals surface area contributed by atoms with Gasteiger partial charge in [0.2, 0.25) is 0 Å². The predicted octanol–water partition coefficient (Wildman–Crippen LogP) is 3.75. The zero-order chi connectivity index (χ0) is 18.5. The van der Waals surface area contributed by atoms with E-state index in [0.717, 1.165) is 27.9 Å². The molecule has 0 fully saturated rings. The summed E-state index contributed by atoms with van der Waals surface area (Å²) in [6, 6.07) is 8.27. The van der Waals surface area contributed by atoms with Crippen molar-refractivity contribution >= 4 is 27.5 Å². The molecule has 1 aromatic carbocycles. The van der Waals surface area contributed by atoms with Crippen molar-refractivity contribution in [3.63, 3.8) is 0 Å². The molecule has 0 bridgehead atoms. The second-order valence-corrected chi connectivity index (χ2v) is 7.04. The number of hydrogen-bond donors (Lipinski definition) is 1. The Morgan fingerprint density at radius 2 is 2.12 bits per heavy atom. The number of benzene rings is 1. The number of aryl methyl sites for hydroxylation is 1. The maximum Gasteiger partial charge on any atom is 0.261 e. The van der Waals surface area contributed by atoms with Gasteiger partial charge in [-0.05, 0) is 44.0 Å². The van der Waals surface area contributed by atoms with Gasteiger partial charge in [0, 0.05) is 25.1 Å². The monoisotopic (exact) mass is 375 g/mol. The number of carbonyl (C=O) groups excluding carboxylic acids is 1. The molecule has 7 heteroatoms. The number of amides is 1. The van der Waals surface area contributed by atoms with Gasteiger partial charge in [0.25, 0.3) is 5.91 Å². The van der Waals surface area contributed by atoms with Crippen molar-refractivity contribution in [1.82, 2.24) is 15.1 Å². The second-order valence-electron chi connectivity index (χ2n) is 6.01. The lowest BCUT2D eigenvalue weighted by atomic mass is 10.2. The van der Waals surface area contributed by atoms with E-state index in [1.807, 2.05) is 24.6 Å². The van der Waals surface area contributed by atoms with Crippen molar-refractivity contribution in [3.8, 4) is 0 Å². The van der Waals surface area contributed by atoms with Crippen LogP contribution in [0.1, 0.15) is 34.3 Å². The third-order valence-electron chi connectivity index (χ3n) is 4.03. The molecular weight excluding hydrogens is 353 g/mol. The Hall–Kier alpha value is -2.25. The number of nitrogens with one attached hydrogen (secondary N) is 1. The molecule has 5 nitrogen and oxygen atoms in total. The summed E-state index contributed by atoms with van der Waals surface area (Å²) in [7, 11) is 0. The van der Waals surface area contributed by atoms with Crippen LogP contribution in [0.2, 0.25) is 0 Å². The SMILES string of the molecule is CCOCCCNC(=O)c1cc2c(C)nn(Cc3ccc(F)cc3)c2s1. The van der Waals surface area contributed by atoms with E-state index in [1.165, 1.54) is 23.5 Å². The zero-order valence-corrected chi connectivity index (χ0v) is 15.7. The average Bonchev–Trinajstić information content (AvgIpc) is 3.18. The molecule has 0 unspecified atom stereocenters. The minimum Gasteiger partial charge on any atom is -0.382 e. The molecule has 1 N–H and O–H groups in total. The molecule has 3 rings (SSSR count). The largest absolute Gasteiger partial charge is 0.382 e. The fraction of sp³-hybridized carbons (Fsp3) is 0.368. The van der Waals surface area contributed by atoms with E-state index in [0.29, 0.717) is 31.2 Å². The second kappa shape index (κ2) is 8.42. The van der Waals surface area contributed by atoms with E-state index in [2.05, 4.69) is 10.4 Å². The highest BCUT2D eigenvalue weighted by atomic mass is 32.1. The Kier molecular flexibility index (Phi) is 6.00. The summed E-state index contributed by atoms with van der Waals surface area (Å²) < 4.78 is 20.2. The van der Waals surface area contributed by atoms with Crippen molar-refractivity contribution in [1.29, 1.82) is 0 Å². The molecule has 138 valence electrons. The summed E-state index contributed by atoms with van der Waals surface area (Å²) in [6.45, 7) is 6.35. The Labute approximate surface area is 155 Å². The molecule has 2 heterocycles. The van der Waals surface area contributed by atoms with Crippen LogP contribution in [0.25, 0.3) is 10.2 Å². The number of thiophene rings is 1. The number of nitrogens with zero attached hydrogens (tertiary/aromatic N) is 2. The maximum absolute atomic E-state index is 13.1. The molecule has 2 aromatic heterocycles. The number of rotatable bonds is 8. The molecule has 0 radical (unpaired) electrons. The highest BCUT2D eigenvalue weighted by Crippen LogP contribution is 2.28. The Bertz CT molecular complexity index is 886. The minimum atomic E-state index is -0.255. The van der Waals surface area contributed by atoms with Gasteiger partial charge < -0.3 is 10.1 Å². The van der Waals surface area contributed by atoms with E-state index < -0.39 is 0 Å². The number of halogens is 1. The van der Waals surface area contributed by atoms with Gasteiger partial charge in [-0.2, -0.15) is 5.10 Å². The molecule has 3 aromatic rings. The Morgan fingerprint density at radius 3 is 2.85 bits per heavy atom. The van der Waals surface area contributed by atoms with Gasteiger partial charge in [-0.25, -0.2) is 4.39 Å². The zero-order valence-electron chi connectivity index (χ0n) is 14.9. The van der Waals surface area contributed by atoms with Gasteiger partial charge in [0.15, 0.2) is 0 Å². The third-order valence-corrected chi connectivity index (χ3v) is 5.18. The van der Waals surface area contributed by atoms with Crippen LogP contribution in [0.15, 0.2) is 30.3 Å². The molecule has 0 atom stereocenters. The molecule has 0 aliphatic heterocycles. The first kappa shape index (κ1) is 18.5. The van der Waals surface area contributed by atoms with Gasteiger partial charge in [-0.3, -0.25) is 9.48 Å². The molecule has 26 heavy (non-hydrogen) atoms. The first-order valence-corrected chi connectivity index (χ1v) is 9.47. The molecule has 0 aliphatic rings. The summed E-state index contributed by atoms with van der Waals surface area (Å²) in [5, 5.41) is 8.46. The number of hydrogen-bond acceptors (Lipinski definition) is 4. The van der Waals surface area contributed by atoms with Crippen LogP contribution >= 0.6 is 11.3 Å². The maximum atomic E-state index is 13.1. The van der Waals surface area contributed by atoms with E-state index in [4.69, 9.17) is 4.74 Å². The first-order chi connectivity index (χ1) is 12.6. The third kappa shape index (κ3) is 4.28. The lowest BCUT2D eigenvalue weighted by molar-refractivity contribution is 0.0948. The number of carbonyl (C=O) groups is 1. The minimum absolute atomic E-state index is 0.0737. The molecular formula is C19H22FN3O2S. The summed E-state index contributed by atoms with van der Waals surface area (Å²) in [4.78, 5) is 14.0. The molecule has 0 aliphatic carbocycles. The normalized spacial score (nSPS) is 11.2.